The molecule has 2 aromatic carbocycles. The standard InChI is InChI=1S/C21H22N4O/c1-13-14(2)23-17-10-9-15(12-16(13)17)21(26)22-11-5-8-20-24-18-6-3-4-7-19(18)25-20/h3-4,6-7,9-10,12,23H,5,8,11H2,1-2H3,(H,22,26)(H,24,25). The first-order chi connectivity index (χ1) is 12.6. The molecule has 2 aromatic heterocycles. The number of rotatable bonds is 5. The number of aryl methyl sites for hydroxylation is 3. The molecule has 5 nitrogen and oxygen atoms in total. The number of benzene rings is 2. The molecule has 5 heteroatoms. The number of amides is 1. The molecule has 0 bridgehead atoms. The van der Waals surface area contributed by atoms with Gasteiger partial charge in [-0.1, -0.05) is 12.1 Å². The second kappa shape index (κ2) is 6.67. The number of aromatic nitrogens is 3. The number of carbonyl (C=O) groups is 1. The zero-order valence-corrected chi connectivity index (χ0v) is 15.0. The molecule has 26 heavy (non-hydrogen) atoms. The molecule has 132 valence electrons. The Bertz CT molecular complexity index is 1060. The van der Waals surface area contributed by atoms with E-state index in [1.165, 1.54) is 5.56 Å². The normalized spacial score (nSPS) is 11.3. The van der Waals surface area contributed by atoms with E-state index in [0.29, 0.717) is 12.1 Å². The molecule has 0 fully saturated rings. The molecular formula is C21H22N4O. The molecule has 4 aromatic rings. The van der Waals surface area contributed by atoms with E-state index in [1.807, 2.05) is 49.4 Å². The first-order valence-electron chi connectivity index (χ1n) is 8.92. The van der Waals surface area contributed by atoms with Crippen LogP contribution in [0.25, 0.3) is 21.9 Å². The Morgan fingerprint density at radius 3 is 2.77 bits per heavy atom. The summed E-state index contributed by atoms with van der Waals surface area (Å²) in [4.78, 5) is 23.6. The molecule has 0 aliphatic rings. The molecule has 1 amide bonds. The average Bonchev–Trinajstić information content (AvgIpc) is 3.19. The Hall–Kier alpha value is -3.08. The highest BCUT2D eigenvalue weighted by atomic mass is 16.1. The summed E-state index contributed by atoms with van der Waals surface area (Å²) in [5.41, 5.74) is 6.14. The van der Waals surface area contributed by atoms with Gasteiger partial charge < -0.3 is 15.3 Å². The largest absolute Gasteiger partial charge is 0.358 e. The maximum atomic E-state index is 12.4. The molecule has 0 atom stereocenters. The summed E-state index contributed by atoms with van der Waals surface area (Å²) < 4.78 is 0. The van der Waals surface area contributed by atoms with Crippen molar-refractivity contribution in [2.24, 2.45) is 0 Å². The predicted octanol–water partition coefficient (Wildman–Crippen LogP) is 4.02. The van der Waals surface area contributed by atoms with Crippen LogP contribution >= 0.6 is 0 Å². The van der Waals surface area contributed by atoms with Crippen LogP contribution in [-0.2, 0) is 6.42 Å². The number of carbonyl (C=O) groups excluding carboxylic acids is 1. The van der Waals surface area contributed by atoms with E-state index < -0.39 is 0 Å². The van der Waals surface area contributed by atoms with Gasteiger partial charge in [-0.3, -0.25) is 4.79 Å². The number of fused-ring (bicyclic) bond motifs is 2. The Morgan fingerprint density at radius 1 is 1.08 bits per heavy atom. The van der Waals surface area contributed by atoms with Gasteiger partial charge in [-0.15, -0.1) is 0 Å². The number of hydrogen-bond donors (Lipinski definition) is 3. The summed E-state index contributed by atoms with van der Waals surface area (Å²) in [5.74, 6) is 0.926. The molecule has 0 saturated heterocycles. The van der Waals surface area contributed by atoms with Crippen molar-refractivity contribution in [1.82, 2.24) is 20.3 Å². The van der Waals surface area contributed by atoms with Crippen molar-refractivity contribution >= 4 is 27.8 Å². The zero-order valence-electron chi connectivity index (χ0n) is 15.0. The van der Waals surface area contributed by atoms with Crippen molar-refractivity contribution < 1.29 is 4.79 Å². The quantitative estimate of drug-likeness (QED) is 0.477. The van der Waals surface area contributed by atoms with Crippen LogP contribution in [0.15, 0.2) is 42.5 Å². The molecule has 2 heterocycles. The number of imidazole rings is 1. The van der Waals surface area contributed by atoms with Gasteiger partial charge in [0.25, 0.3) is 5.91 Å². The second-order valence-electron chi connectivity index (χ2n) is 6.70. The van der Waals surface area contributed by atoms with Crippen molar-refractivity contribution in [2.45, 2.75) is 26.7 Å². The first-order valence-corrected chi connectivity index (χ1v) is 8.92. The summed E-state index contributed by atoms with van der Waals surface area (Å²) in [6.07, 6.45) is 1.65. The van der Waals surface area contributed by atoms with E-state index in [0.717, 1.165) is 46.3 Å². The van der Waals surface area contributed by atoms with E-state index in [1.54, 1.807) is 0 Å². The summed E-state index contributed by atoms with van der Waals surface area (Å²) in [5, 5.41) is 4.11. The number of nitrogens with one attached hydrogen (secondary N) is 3. The third kappa shape index (κ3) is 3.08. The topological polar surface area (TPSA) is 73.6 Å². The molecule has 0 saturated carbocycles. The Kier molecular flexibility index (Phi) is 4.21. The Labute approximate surface area is 151 Å². The smallest absolute Gasteiger partial charge is 0.251 e. The average molecular weight is 346 g/mol. The van der Waals surface area contributed by atoms with Crippen molar-refractivity contribution in [3.05, 3.63) is 65.1 Å². The van der Waals surface area contributed by atoms with E-state index in [-0.39, 0.29) is 5.91 Å². The van der Waals surface area contributed by atoms with Crippen LogP contribution in [0, 0.1) is 13.8 Å². The Balaban J connectivity index is 1.35. The van der Waals surface area contributed by atoms with Crippen LogP contribution in [0.3, 0.4) is 0 Å². The number of aromatic amines is 2. The van der Waals surface area contributed by atoms with Gasteiger partial charge in [0.1, 0.15) is 5.82 Å². The van der Waals surface area contributed by atoms with E-state index in [2.05, 4.69) is 27.2 Å². The fourth-order valence-electron chi connectivity index (χ4n) is 3.29. The van der Waals surface area contributed by atoms with E-state index in [9.17, 15) is 4.79 Å². The summed E-state index contributed by atoms with van der Waals surface area (Å²) in [6, 6.07) is 13.8. The van der Waals surface area contributed by atoms with Gasteiger partial charge >= 0.3 is 0 Å². The molecule has 0 radical (unpaired) electrons. The fourth-order valence-corrected chi connectivity index (χ4v) is 3.29. The van der Waals surface area contributed by atoms with Crippen molar-refractivity contribution in [3.63, 3.8) is 0 Å². The summed E-state index contributed by atoms with van der Waals surface area (Å²) >= 11 is 0. The van der Waals surface area contributed by atoms with Gasteiger partial charge in [-0.05, 0) is 56.2 Å². The fraction of sp³-hybridized carbons (Fsp3) is 0.238. The molecule has 0 aliphatic carbocycles. The van der Waals surface area contributed by atoms with Crippen molar-refractivity contribution in [3.8, 4) is 0 Å². The van der Waals surface area contributed by atoms with Crippen molar-refractivity contribution in [1.29, 1.82) is 0 Å². The predicted molar refractivity (Wildman–Crippen MR) is 105 cm³/mol. The monoisotopic (exact) mass is 346 g/mol. The summed E-state index contributed by atoms with van der Waals surface area (Å²) in [6.45, 7) is 4.75. The Morgan fingerprint density at radius 2 is 1.92 bits per heavy atom. The lowest BCUT2D eigenvalue weighted by atomic mass is 10.1. The van der Waals surface area contributed by atoms with Gasteiger partial charge in [0.15, 0.2) is 0 Å². The third-order valence-corrected chi connectivity index (χ3v) is 4.88. The molecule has 4 rings (SSSR count). The minimum absolute atomic E-state index is 0.0326. The van der Waals surface area contributed by atoms with Gasteiger partial charge in [-0.2, -0.15) is 0 Å². The highest BCUT2D eigenvalue weighted by Gasteiger charge is 2.10. The molecule has 3 N–H and O–H groups in total. The van der Waals surface area contributed by atoms with Crippen LogP contribution in [0.1, 0.15) is 33.9 Å². The second-order valence-corrected chi connectivity index (χ2v) is 6.70. The lowest BCUT2D eigenvalue weighted by molar-refractivity contribution is 0.0953. The molecule has 0 spiro atoms. The van der Waals surface area contributed by atoms with E-state index in [4.69, 9.17) is 0 Å². The molecule has 0 unspecified atom stereocenters. The number of H-pyrrole nitrogens is 2. The first kappa shape index (κ1) is 16.4. The summed E-state index contributed by atoms with van der Waals surface area (Å²) in [7, 11) is 0. The molecule has 0 aliphatic heterocycles. The lowest BCUT2D eigenvalue weighted by Gasteiger charge is -2.05. The van der Waals surface area contributed by atoms with Gasteiger partial charge in [-0.25, -0.2) is 4.98 Å². The maximum Gasteiger partial charge on any atom is 0.251 e. The zero-order chi connectivity index (χ0) is 18.1. The van der Waals surface area contributed by atoms with Gasteiger partial charge in [0.05, 0.1) is 11.0 Å². The maximum absolute atomic E-state index is 12.4. The number of para-hydroxylation sites is 2. The number of hydrogen-bond acceptors (Lipinski definition) is 2. The highest BCUT2D eigenvalue weighted by Crippen LogP contribution is 2.22. The SMILES string of the molecule is Cc1[nH]c2ccc(C(=O)NCCCc3nc4ccccc4[nH]3)cc2c1C. The third-order valence-electron chi connectivity index (χ3n) is 4.88. The van der Waals surface area contributed by atoms with Crippen LogP contribution in [0.2, 0.25) is 0 Å². The van der Waals surface area contributed by atoms with Crippen LogP contribution in [0.5, 0.6) is 0 Å². The van der Waals surface area contributed by atoms with Crippen LogP contribution in [-0.4, -0.2) is 27.4 Å². The minimum Gasteiger partial charge on any atom is -0.358 e. The minimum atomic E-state index is -0.0326. The van der Waals surface area contributed by atoms with Crippen LogP contribution in [0.4, 0.5) is 0 Å². The van der Waals surface area contributed by atoms with Crippen LogP contribution < -0.4 is 5.32 Å². The lowest BCUT2D eigenvalue weighted by Crippen LogP contribution is -2.24. The number of nitrogens with zero attached hydrogens (tertiary/aromatic N) is 1. The highest BCUT2D eigenvalue weighted by molar-refractivity contribution is 5.99. The van der Waals surface area contributed by atoms with Crippen molar-refractivity contribution in [2.75, 3.05) is 6.54 Å². The molecular weight excluding hydrogens is 324 g/mol. The van der Waals surface area contributed by atoms with Gasteiger partial charge in [0.2, 0.25) is 0 Å². The van der Waals surface area contributed by atoms with E-state index >= 15 is 0 Å². The van der Waals surface area contributed by atoms with Gasteiger partial charge in [0, 0.05) is 35.1 Å².